The minimum Gasteiger partial charge on any atom is -0.455 e. The van der Waals surface area contributed by atoms with Crippen LogP contribution in [0.5, 0.6) is 0 Å². The molecular weight excluding hydrogens is 667 g/mol. The van der Waals surface area contributed by atoms with Crippen LogP contribution in [0.3, 0.4) is 0 Å². The van der Waals surface area contributed by atoms with E-state index in [1.165, 1.54) is 0 Å². The first-order chi connectivity index (χ1) is 26.6. The van der Waals surface area contributed by atoms with E-state index in [-0.39, 0.29) is 0 Å². The van der Waals surface area contributed by atoms with Gasteiger partial charge in [-0.05, 0) is 71.8 Å². The standard InChI is InChI=1S/C47H25N5O2/c48-26-28-16-18-31(19-17-28)46-50-45(30-8-2-1-3-9-30)51-47(52-46)34-23-29(27-49)22-33(24-34)32-20-21-36-38-12-7-14-40(44(38)54-42(36)25-32)39-13-6-11-37-35-10-4-5-15-41(35)53-43(37)39/h1-25H. The first-order valence-corrected chi connectivity index (χ1v) is 17.4. The van der Waals surface area contributed by atoms with Gasteiger partial charge in [-0.1, -0.05) is 91.0 Å². The number of hydrogen-bond donors (Lipinski definition) is 0. The number of benzene rings is 7. The molecule has 0 bridgehead atoms. The molecule has 0 N–H and O–H groups in total. The van der Waals surface area contributed by atoms with Gasteiger partial charge < -0.3 is 8.83 Å². The largest absolute Gasteiger partial charge is 0.455 e. The van der Waals surface area contributed by atoms with Gasteiger partial charge in [-0.25, -0.2) is 15.0 Å². The number of nitriles is 2. The summed E-state index contributed by atoms with van der Waals surface area (Å²) in [5.41, 5.74) is 10.1. The average Bonchev–Trinajstić information content (AvgIpc) is 3.82. The molecule has 0 aliphatic carbocycles. The lowest BCUT2D eigenvalue weighted by Crippen LogP contribution is -2.00. The molecule has 10 aromatic rings. The second-order valence-electron chi connectivity index (χ2n) is 13.0. The van der Waals surface area contributed by atoms with Crippen LogP contribution in [0.25, 0.3) is 100 Å². The third-order valence-electron chi connectivity index (χ3n) is 9.79. The van der Waals surface area contributed by atoms with Gasteiger partial charge in [0, 0.05) is 49.4 Å². The zero-order valence-electron chi connectivity index (χ0n) is 28.5. The van der Waals surface area contributed by atoms with Crippen molar-refractivity contribution in [1.29, 1.82) is 10.5 Å². The van der Waals surface area contributed by atoms with Crippen molar-refractivity contribution in [3.8, 4) is 68.6 Å². The topological polar surface area (TPSA) is 113 Å². The Balaban J connectivity index is 1.10. The molecule has 7 aromatic carbocycles. The fourth-order valence-electron chi connectivity index (χ4n) is 7.18. The summed E-state index contributed by atoms with van der Waals surface area (Å²) < 4.78 is 13.1. The molecule has 3 aromatic heterocycles. The number of nitrogens with zero attached hydrogens (tertiary/aromatic N) is 5. The zero-order chi connectivity index (χ0) is 36.2. The van der Waals surface area contributed by atoms with E-state index in [4.69, 9.17) is 23.8 Å². The van der Waals surface area contributed by atoms with E-state index in [1.807, 2.05) is 78.9 Å². The monoisotopic (exact) mass is 691 g/mol. The molecule has 7 nitrogen and oxygen atoms in total. The molecule has 0 spiro atoms. The van der Waals surface area contributed by atoms with Gasteiger partial charge in [-0.3, -0.25) is 0 Å². The van der Waals surface area contributed by atoms with Crippen LogP contribution in [0, 0.1) is 22.7 Å². The first-order valence-electron chi connectivity index (χ1n) is 17.4. The number of furan rings is 2. The van der Waals surface area contributed by atoms with Gasteiger partial charge in [0.05, 0.1) is 23.3 Å². The number of aromatic nitrogens is 3. The molecule has 0 aliphatic rings. The van der Waals surface area contributed by atoms with Crippen molar-refractivity contribution in [1.82, 2.24) is 15.0 Å². The number of hydrogen-bond acceptors (Lipinski definition) is 7. The molecule has 54 heavy (non-hydrogen) atoms. The lowest BCUT2D eigenvalue weighted by Gasteiger charge is -2.10. The van der Waals surface area contributed by atoms with Crippen molar-refractivity contribution >= 4 is 43.9 Å². The lowest BCUT2D eigenvalue weighted by molar-refractivity contribution is 0.665. The Hall–Kier alpha value is -7.87. The van der Waals surface area contributed by atoms with E-state index in [0.29, 0.717) is 34.2 Å². The molecule has 0 aliphatic heterocycles. The van der Waals surface area contributed by atoms with Gasteiger partial charge in [0.2, 0.25) is 0 Å². The summed E-state index contributed by atoms with van der Waals surface area (Å²) in [6, 6.07) is 53.6. The Labute approximate surface area is 308 Å². The predicted octanol–water partition coefficient (Wildman–Crippen LogP) is 11.7. The van der Waals surface area contributed by atoms with Crippen LogP contribution in [-0.2, 0) is 0 Å². The Bertz CT molecular complexity index is 3180. The van der Waals surface area contributed by atoms with Crippen molar-refractivity contribution in [2.24, 2.45) is 0 Å². The van der Waals surface area contributed by atoms with E-state index in [0.717, 1.165) is 77.3 Å². The highest BCUT2D eigenvalue weighted by molar-refractivity contribution is 6.15. The zero-order valence-corrected chi connectivity index (χ0v) is 28.5. The van der Waals surface area contributed by atoms with Crippen molar-refractivity contribution < 1.29 is 8.83 Å². The molecule has 0 atom stereocenters. The quantitative estimate of drug-likeness (QED) is 0.176. The summed E-state index contributed by atoms with van der Waals surface area (Å²) in [6.07, 6.45) is 0. The molecule has 0 amide bonds. The average molecular weight is 692 g/mol. The van der Waals surface area contributed by atoms with Crippen molar-refractivity contribution in [2.45, 2.75) is 0 Å². The van der Waals surface area contributed by atoms with Crippen LogP contribution in [0.15, 0.2) is 160 Å². The smallest absolute Gasteiger partial charge is 0.164 e. The molecule has 3 heterocycles. The maximum Gasteiger partial charge on any atom is 0.164 e. The highest BCUT2D eigenvalue weighted by atomic mass is 16.3. The summed E-state index contributed by atoms with van der Waals surface area (Å²) in [4.78, 5) is 14.6. The Morgan fingerprint density at radius 3 is 1.59 bits per heavy atom. The summed E-state index contributed by atoms with van der Waals surface area (Å²) in [5, 5.41) is 23.6. The van der Waals surface area contributed by atoms with E-state index < -0.39 is 0 Å². The van der Waals surface area contributed by atoms with Gasteiger partial charge in [0.25, 0.3) is 0 Å². The highest BCUT2D eigenvalue weighted by Crippen LogP contribution is 2.42. The fraction of sp³-hybridized carbons (Fsp3) is 0. The normalized spacial score (nSPS) is 11.3. The van der Waals surface area contributed by atoms with Crippen LogP contribution < -0.4 is 0 Å². The first kappa shape index (κ1) is 30.9. The van der Waals surface area contributed by atoms with E-state index in [1.54, 1.807) is 18.2 Å². The molecule has 0 saturated carbocycles. The summed E-state index contributed by atoms with van der Waals surface area (Å²) >= 11 is 0. The molecule has 250 valence electrons. The Kier molecular flexibility index (Phi) is 7.11. The van der Waals surface area contributed by atoms with Gasteiger partial charge in [0.1, 0.15) is 22.3 Å². The third-order valence-corrected chi connectivity index (χ3v) is 9.79. The molecule has 7 heteroatoms. The van der Waals surface area contributed by atoms with Gasteiger partial charge in [0.15, 0.2) is 17.5 Å². The SMILES string of the molecule is N#Cc1ccc(-c2nc(-c3ccccc3)nc(-c3cc(C#N)cc(-c4ccc5c(c4)oc4c(-c6cccc7c6oc6ccccc67)cccc45)c3)n2)cc1. The molecule has 0 saturated heterocycles. The molecule has 0 unspecified atom stereocenters. The van der Waals surface area contributed by atoms with Crippen molar-refractivity contribution in [2.75, 3.05) is 0 Å². The number of rotatable bonds is 5. The Morgan fingerprint density at radius 2 is 0.907 bits per heavy atom. The van der Waals surface area contributed by atoms with Gasteiger partial charge in [-0.15, -0.1) is 0 Å². The van der Waals surface area contributed by atoms with Crippen molar-refractivity contribution in [3.63, 3.8) is 0 Å². The third kappa shape index (κ3) is 5.16. The van der Waals surface area contributed by atoms with Crippen LogP contribution in [0.1, 0.15) is 11.1 Å². The van der Waals surface area contributed by atoms with Crippen LogP contribution >= 0.6 is 0 Å². The number of para-hydroxylation sites is 3. The number of fused-ring (bicyclic) bond motifs is 6. The molecule has 0 fully saturated rings. The van der Waals surface area contributed by atoms with Crippen LogP contribution in [0.2, 0.25) is 0 Å². The summed E-state index contributed by atoms with van der Waals surface area (Å²) in [7, 11) is 0. The van der Waals surface area contributed by atoms with Crippen LogP contribution in [-0.4, -0.2) is 15.0 Å². The molecular formula is C47H25N5O2. The molecule has 10 rings (SSSR count). The predicted molar refractivity (Wildman–Crippen MR) is 211 cm³/mol. The highest BCUT2D eigenvalue weighted by Gasteiger charge is 2.19. The maximum atomic E-state index is 10.2. The fourth-order valence-corrected chi connectivity index (χ4v) is 7.18. The molecule has 0 radical (unpaired) electrons. The van der Waals surface area contributed by atoms with Gasteiger partial charge in [-0.2, -0.15) is 10.5 Å². The van der Waals surface area contributed by atoms with Gasteiger partial charge >= 0.3 is 0 Å². The van der Waals surface area contributed by atoms with E-state index in [2.05, 4.69) is 66.7 Å². The lowest BCUT2D eigenvalue weighted by atomic mass is 9.97. The maximum absolute atomic E-state index is 10.2. The van der Waals surface area contributed by atoms with E-state index >= 15 is 0 Å². The van der Waals surface area contributed by atoms with Crippen molar-refractivity contribution in [3.05, 3.63) is 163 Å². The Morgan fingerprint density at radius 1 is 0.370 bits per heavy atom. The van der Waals surface area contributed by atoms with E-state index in [9.17, 15) is 10.5 Å². The summed E-state index contributed by atoms with van der Waals surface area (Å²) in [6.45, 7) is 0. The summed E-state index contributed by atoms with van der Waals surface area (Å²) in [5.74, 6) is 1.39. The van der Waals surface area contributed by atoms with Crippen LogP contribution in [0.4, 0.5) is 0 Å². The minimum absolute atomic E-state index is 0.427. The minimum atomic E-state index is 0.427. The second-order valence-corrected chi connectivity index (χ2v) is 13.0. The second kappa shape index (κ2) is 12.4.